The molecule has 1 fully saturated rings. The molecule has 1 rings (SSSR count). The molecule has 5 heteroatoms. The topological polar surface area (TPSA) is 41.6 Å². The summed E-state index contributed by atoms with van der Waals surface area (Å²) in [7, 11) is 1.44. The van der Waals surface area contributed by atoms with Gasteiger partial charge in [-0.2, -0.15) is 0 Å². The Kier molecular flexibility index (Phi) is 6.87. The van der Waals surface area contributed by atoms with Gasteiger partial charge in [-0.3, -0.25) is 0 Å². The Morgan fingerprint density at radius 1 is 1.47 bits per heavy atom. The van der Waals surface area contributed by atoms with E-state index in [4.69, 9.17) is 4.74 Å². The molecule has 0 aromatic carbocycles. The Morgan fingerprint density at radius 3 is 2.65 bits per heavy atom. The molecule has 17 heavy (non-hydrogen) atoms. The highest BCUT2D eigenvalue weighted by molar-refractivity contribution is 5.85. The number of piperidine rings is 1. The fourth-order valence-corrected chi connectivity index (χ4v) is 1.89. The van der Waals surface area contributed by atoms with Gasteiger partial charge in [-0.25, -0.2) is 4.79 Å². The molecule has 1 unspecified atom stereocenters. The van der Waals surface area contributed by atoms with Crippen LogP contribution in [-0.4, -0.2) is 43.8 Å². The van der Waals surface area contributed by atoms with E-state index in [1.54, 1.807) is 4.90 Å². The van der Waals surface area contributed by atoms with E-state index in [9.17, 15) is 4.79 Å². The van der Waals surface area contributed by atoms with Crippen LogP contribution < -0.4 is 5.32 Å². The summed E-state index contributed by atoms with van der Waals surface area (Å²) in [5.41, 5.74) is 0.285. The Morgan fingerprint density at radius 2 is 2.12 bits per heavy atom. The summed E-state index contributed by atoms with van der Waals surface area (Å²) in [5, 5.41) is 3.52. The molecule has 1 heterocycles. The third kappa shape index (κ3) is 6.13. The molecule has 0 bridgehead atoms. The van der Waals surface area contributed by atoms with Crippen molar-refractivity contribution in [2.45, 2.75) is 39.7 Å². The summed E-state index contributed by atoms with van der Waals surface area (Å²) in [4.78, 5) is 13.2. The van der Waals surface area contributed by atoms with Crippen molar-refractivity contribution in [3.8, 4) is 0 Å². The van der Waals surface area contributed by atoms with Crippen molar-refractivity contribution in [2.75, 3.05) is 26.7 Å². The van der Waals surface area contributed by atoms with Gasteiger partial charge in [0.05, 0.1) is 7.11 Å². The molecular weight excluding hydrogens is 240 g/mol. The molecule has 1 amide bonds. The van der Waals surface area contributed by atoms with Crippen molar-refractivity contribution in [2.24, 2.45) is 5.41 Å². The lowest BCUT2D eigenvalue weighted by Crippen LogP contribution is -2.49. The molecule has 0 aromatic rings. The van der Waals surface area contributed by atoms with Gasteiger partial charge >= 0.3 is 6.09 Å². The smallest absolute Gasteiger partial charge is 0.409 e. The maximum Gasteiger partial charge on any atom is 0.409 e. The number of rotatable bonds is 2. The van der Waals surface area contributed by atoms with Gasteiger partial charge in [0.1, 0.15) is 0 Å². The van der Waals surface area contributed by atoms with Gasteiger partial charge in [0, 0.05) is 25.7 Å². The lowest BCUT2D eigenvalue weighted by atomic mass is 9.95. The zero-order valence-corrected chi connectivity index (χ0v) is 12.1. The summed E-state index contributed by atoms with van der Waals surface area (Å²) in [5.74, 6) is 0. The van der Waals surface area contributed by atoms with E-state index in [0.29, 0.717) is 6.04 Å². The number of nitrogens with one attached hydrogen (secondary N) is 1. The molecule has 1 saturated heterocycles. The van der Waals surface area contributed by atoms with Crippen molar-refractivity contribution in [3.63, 3.8) is 0 Å². The SMILES string of the molecule is COC(=O)N1CCCC(NCC(C)(C)C)C1.Cl. The first-order chi connectivity index (χ1) is 7.42. The molecule has 0 saturated carbocycles. The van der Waals surface area contributed by atoms with Crippen LogP contribution in [0, 0.1) is 5.41 Å². The van der Waals surface area contributed by atoms with E-state index >= 15 is 0 Å². The molecule has 1 aliphatic heterocycles. The van der Waals surface area contributed by atoms with Gasteiger partial charge < -0.3 is 15.0 Å². The quantitative estimate of drug-likeness (QED) is 0.832. The minimum absolute atomic E-state index is 0. The minimum Gasteiger partial charge on any atom is -0.453 e. The van der Waals surface area contributed by atoms with E-state index in [-0.39, 0.29) is 23.9 Å². The standard InChI is InChI=1S/C12H24N2O2.ClH/c1-12(2,3)9-13-10-6-5-7-14(8-10)11(15)16-4;/h10,13H,5-9H2,1-4H3;1H. The average Bonchev–Trinajstić information content (AvgIpc) is 2.25. The summed E-state index contributed by atoms with van der Waals surface area (Å²) in [6.07, 6.45) is 1.99. The second-order valence-corrected chi connectivity index (χ2v) is 5.70. The van der Waals surface area contributed by atoms with Crippen LogP contribution in [0.5, 0.6) is 0 Å². The van der Waals surface area contributed by atoms with Crippen molar-refractivity contribution in [1.29, 1.82) is 0 Å². The Bertz CT molecular complexity index is 241. The number of nitrogens with zero attached hydrogens (tertiary/aromatic N) is 1. The second-order valence-electron chi connectivity index (χ2n) is 5.70. The molecule has 1 atom stereocenters. The normalized spacial score (nSPS) is 20.7. The number of hydrogen-bond donors (Lipinski definition) is 1. The number of carbonyl (C=O) groups is 1. The van der Waals surface area contributed by atoms with Crippen LogP contribution in [-0.2, 0) is 4.74 Å². The number of methoxy groups -OCH3 is 1. The number of ether oxygens (including phenoxy) is 1. The van der Waals surface area contributed by atoms with Gasteiger partial charge in [-0.05, 0) is 18.3 Å². The van der Waals surface area contributed by atoms with Crippen LogP contribution in [0.2, 0.25) is 0 Å². The zero-order chi connectivity index (χ0) is 12.2. The van der Waals surface area contributed by atoms with Crippen LogP contribution in [0.1, 0.15) is 33.6 Å². The molecular formula is C12H25ClN2O2. The van der Waals surface area contributed by atoms with Gasteiger partial charge in [0.15, 0.2) is 0 Å². The van der Waals surface area contributed by atoms with Gasteiger partial charge in [-0.15, -0.1) is 12.4 Å². The fourth-order valence-electron chi connectivity index (χ4n) is 1.89. The van der Waals surface area contributed by atoms with Gasteiger partial charge in [0.25, 0.3) is 0 Å². The first-order valence-electron chi connectivity index (χ1n) is 5.98. The molecule has 1 aliphatic rings. The highest BCUT2D eigenvalue weighted by atomic mass is 35.5. The second kappa shape index (κ2) is 7.07. The Balaban J connectivity index is 0.00000256. The van der Waals surface area contributed by atoms with Crippen LogP contribution in [0.25, 0.3) is 0 Å². The predicted octanol–water partition coefficient (Wildman–Crippen LogP) is 2.27. The maximum absolute atomic E-state index is 11.4. The number of likely N-dealkylation sites (tertiary alicyclic amines) is 1. The van der Waals surface area contributed by atoms with Crippen molar-refractivity contribution in [3.05, 3.63) is 0 Å². The monoisotopic (exact) mass is 264 g/mol. The van der Waals surface area contributed by atoms with Crippen LogP contribution in [0.15, 0.2) is 0 Å². The predicted molar refractivity (Wildman–Crippen MR) is 71.7 cm³/mol. The number of amides is 1. The van der Waals surface area contributed by atoms with Gasteiger partial charge in [0.2, 0.25) is 0 Å². The molecule has 0 aromatic heterocycles. The Labute approximate surface area is 110 Å². The maximum atomic E-state index is 11.4. The lowest BCUT2D eigenvalue weighted by Gasteiger charge is -2.33. The fraction of sp³-hybridized carbons (Fsp3) is 0.917. The lowest BCUT2D eigenvalue weighted by molar-refractivity contribution is 0.106. The van der Waals surface area contributed by atoms with E-state index in [0.717, 1.165) is 32.5 Å². The molecule has 0 aliphatic carbocycles. The molecule has 4 nitrogen and oxygen atoms in total. The largest absolute Gasteiger partial charge is 0.453 e. The van der Waals surface area contributed by atoms with E-state index < -0.39 is 0 Å². The number of halogens is 1. The molecule has 102 valence electrons. The van der Waals surface area contributed by atoms with Gasteiger partial charge in [-0.1, -0.05) is 20.8 Å². The highest BCUT2D eigenvalue weighted by Gasteiger charge is 2.24. The van der Waals surface area contributed by atoms with Crippen LogP contribution in [0.4, 0.5) is 4.79 Å². The molecule has 1 N–H and O–H groups in total. The highest BCUT2D eigenvalue weighted by Crippen LogP contribution is 2.15. The summed E-state index contributed by atoms with van der Waals surface area (Å²) < 4.78 is 4.74. The van der Waals surface area contributed by atoms with Crippen molar-refractivity contribution in [1.82, 2.24) is 10.2 Å². The zero-order valence-electron chi connectivity index (χ0n) is 11.3. The first-order valence-corrected chi connectivity index (χ1v) is 5.98. The summed E-state index contributed by atoms with van der Waals surface area (Å²) in [6, 6.07) is 0.409. The number of carbonyl (C=O) groups excluding carboxylic acids is 1. The summed E-state index contributed by atoms with van der Waals surface area (Å²) >= 11 is 0. The van der Waals surface area contributed by atoms with E-state index in [1.165, 1.54) is 7.11 Å². The molecule has 0 radical (unpaired) electrons. The van der Waals surface area contributed by atoms with Crippen molar-refractivity contribution < 1.29 is 9.53 Å². The third-order valence-corrected chi connectivity index (χ3v) is 2.78. The summed E-state index contributed by atoms with van der Waals surface area (Å²) in [6.45, 7) is 9.19. The van der Waals surface area contributed by atoms with Crippen molar-refractivity contribution >= 4 is 18.5 Å². The Hall–Kier alpha value is -0.480. The van der Waals surface area contributed by atoms with Crippen LogP contribution in [0.3, 0.4) is 0 Å². The minimum atomic E-state index is -0.206. The molecule has 0 spiro atoms. The van der Waals surface area contributed by atoms with Crippen LogP contribution >= 0.6 is 12.4 Å². The van der Waals surface area contributed by atoms with E-state index in [2.05, 4.69) is 26.1 Å². The first kappa shape index (κ1) is 16.5. The average molecular weight is 265 g/mol. The van der Waals surface area contributed by atoms with E-state index in [1.807, 2.05) is 0 Å². The number of hydrogen-bond acceptors (Lipinski definition) is 3. The third-order valence-electron chi connectivity index (χ3n) is 2.78.